The second-order valence-electron chi connectivity index (χ2n) is 4.22. The summed E-state index contributed by atoms with van der Waals surface area (Å²) in [5, 5.41) is 12.7. The smallest absolute Gasteiger partial charge is 0.326 e. The fraction of sp³-hybridized carbons (Fsp3) is 0.286. The van der Waals surface area contributed by atoms with Crippen molar-refractivity contribution < 1.29 is 9.90 Å². The molecule has 0 aliphatic carbocycles. The molecule has 100 valence electrons. The van der Waals surface area contributed by atoms with Crippen LogP contribution in [0.3, 0.4) is 0 Å². The summed E-state index contributed by atoms with van der Waals surface area (Å²) in [5.74, 6) is -0.835. The molecule has 0 saturated heterocycles. The Labute approximate surface area is 116 Å². The van der Waals surface area contributed by atoms with E-state index >= 15 is 0 Å². The first kappa shape index (κ1) is 13.5. The summed E-state index contributed by atoms with van der Waals surface area (Å²) in [5.41, 5.74) is 1.09. The molecule has 1 heterocycles. The van der Waals surface area contributed by atoms with Crippen molar-refractivity contribution in [3.63, 3.8) is 0 Å². The van der Waals surface area contributed by atoms with Gasteiger partial charge in [-0.25, -0.2) is 9.78 Å². The Kier molecular flexibility index (Phi) is 4.52. The van der Waals surface area contributed by atoms with Gasteiger partial charge in [0.05, 0.1) is 4.88 Å². The van der Waals surface area contributed by atoms with E-state index in [1.54, 1.807) is 6.20 Å². The first-order chi connectivity index (χ1) is 9.20. The van der Waals surface area contributed by atoms with Gasteiger partial charge < -0.3 is 10.4 Å². The van der Waals surface area contributed by atoms with Gasteiger partial charge in [-0.2, -0.15) is 0 Å². The summed E-state index contributed by atoms with van der Waals surface area (Å²) >= 11 is 1.47. The molecule has 0 fully saturated rings. The first-order valence-electron chi connectivity index (χ1n) is 6.21. The average Bonchev–Trinajstić information content (AvgIpc) is 2.88. The maximum Gasteiger partial charge on any atom is 0.326 e. The van der Waals surface area contributed by atoms with Crippen LogP contribution in [0, 0.1) is 0 Å². The van der Waals surface area contributed by atoms with E-state index in [4.69, 9.17) is 5.11 Å². The summed E-state index contributed by atoms with van der Waals surface area (Å²) in [6.45, 7) is 1.97. The van der Waals surface area contributed by atoms with Crippen molar-refractivity contribution in [3.05, 3.63) is 36.5 Å². The third-order valence-corrected chi connectivity index (χ3v) is 3.71. The maximum absolute atomic E-state index is 11.1. The Morgan fingerprint density at radius 3 is 2.79 bits per heavy atom. The molecule has 0 spiro atoms. The molecule has 0 saturated carbocycles. The highest BCUT2D eigenvalue weighted by Gasteiger charge is 2.17. The lowest BCUT2D eigenvalue weighted by Gasteiger charge is -2.11. The fourth-order valence-corrected chi connectivity index (χ4v) is 2.65. The predicted molar refractivity (Wildman–Crippen MR) is 77.5 cm³/mol. The van der Waals surface area contributed by atoms with E-state index in [1.807, 2.05) is 37.3 Å². The highest BCUT2D eigenvalue weighted by molar-refractivity contribution is 7.18. The summed E-state index contributed by atoms with van der Waals surface area (Å²) < 4.78 is 0. The molecule has 2 rings (SSSR count). The van der Waals surface area contributed by atoms with Gasteiger partial charge in [0.1, 0.15) is 6.04 Å². The lowest BCUT2D eigenvalue weighted by Crippen LogP contribution is -2.28. The van der Waals surface area contributed by atoms with Crippen molar-refractivity contribution in [2.24, 2.45) is 0 Å². The summed E-state index contributed by atoms with van der Waals surface area (Å²) in [6, 6.07) is 9.36. The number of nitrogens with one attached hydrogen (secondary N) is 1. The van der Waals surface area contributed by atoms with E-state index in [9.17, 15) is 4.79 Å². The van der Waals surface area contributed by atoms with Gasteiger partial charge in [0.2, 0.25) is 0 Å². The van der Waals surface area contributed by atoms with Crippen LogP contribution in [0.1, 0.15) is 19.8 Å². The number of carboxylic acid groups (broad SMARTS) is 1. The molecule has 0 amide bonds. The minimum Gasteiger partial charge on any atom is -0.480 e. The van der Waals surface area contributed by atoms with Crippen molar-refractivity contribution in [2.75, 3.05) is 5.32 Å². The van der Waals surface area contributed by atoms with Gasteiger partial charge in [-0.3, -0.25) is 0 Å². The van der Waals surface area contributed by atoms with Gasteiger partial charge in [0.25, 0.3) is 0 Å². The molecule has 1 unspecified atom stereocenters. The van der Waals surface area contributed by atoms with Crippen molar-refractivity contribution in [1.82, 2.24) is 4.98 Å². The van der Waals surface area contributed by atoms with Gasteiger partial charge >= 0.3 is 5.97 Å². The standard InChI is InChI=1S/C14H16N2O2S/c1-2-6-11(13(17)18)16-14-15-9-12(19-14)10-7-4-3-5-8-10/h3-5,7-9,11H,2,6H2,1H3,(H,15,16)(H,17,18). The van der Waals surface area contributed by atoms with E-state index in [0.29, 0.717) is 11.6 Å². The Hall–Kier alpha value is -1.88. The lowest BCUT2D eigenvalue weighted by molar-refractivity contribution is -0.138. The van der Waals surface area contributed by atoms with Crippen LogP contribution in [-0.4, -0.2) is 22.1 Å². The molecule has 4 nitrogen and oxygen atoms in total. The van der Waals surface area contributed by atoms with E-state index < -0.39 is 12.0 Å². The minimum absolute atomic E-state index is 0.570. The normalized spacial score (nSPS) is 12.1. The van der Waals surface area contributed by atoms with E-state index in [-0.39, 0.29) is 0 Å². The largest absolute Gasteiger partial charge is 0.480 e. The third-order valence-electron chi connectivity index (χ3n) is 2.74. The van der Waals surface area contributed by atoms with Crippen molar-refractivity contribution in [2.45, 2.75) is 25.8 Å². The number of hydrogen-bond acceptors (Lipinski definition) is 4. The molecule has 0 aliphatic heterocycles. The Balaban J connectivity index is 2.11. The number of thiazole rings is 1. The average molecular weight is 276 g/mol. The molecular formula is C14H16N2O2S. The number of aromatic nitrogens is 1. The molecule has 2 aromatic rings. The summed E-state index contributed by atoms with van der Waals surface area (Å²) in [4.78, 5) is 16.4. The number of carbonyl (C=O) groups is 1. The molecular weight excluding hydrogens is 260 g/mol. The minimum atomic E-state index is -0.835. The predicted octanol–water partition coefficient (Wildman–Crippen LogP) is 3.48. The number of rotatable bonds is 6. The van der Waals surface area contributed by atoms with Crippen molar-refractivity contribution in [3.8, 4) is 10.4 Å². The van der Waals surface area contributed by atoms with Crippen LogP contribution in [0.25, 0.3) is 10.4 Å². The zero-order chi connectivity index (χ0) is 13.7. The quantitative estimate of drug-likeness (QED) is 0.848. The zero-order valence-corrected chi connectivity index (χ0v) is 11.5. The number of aliphatic carboxylic acids is 1. The van der Waals surface area contributed by atoms with Crippen LogP contribution in [0.4, 0.5) is 5.13 Å². The SMILES string of the molecule is CCCC(Nc1ncc(-c2ccccc2)s1)C(=O)O. The first-order valence-corrected chi connectivity index (χ1v) is 7.03. The molecule has 1 atom stereocenters. The van der Waals surface area contributed by atoms with E-state index in [1.165, 1.54) is 11.3 Å². The van der Waals surface area contributed by atoms with Crippen LogP contribution in [0.5, 0.6) is 0 Å². The highest BCUT2D eigenvalue weighted by Crippen LogP contribution is 2.29. The topological polar surface area (TPSA) is 62.2 Å². The summed E-state index contributed by atoms with van der Waals surface area (Å²) in [6.07, 6.45) is 3.18. The van der Waals surface area contributed by atoms with Crippen LogP contribution in [0.2, 0.25) is 0 Å². The molecule has 1 aromatic carbocycles. The molecule has 0 radical (unpaired) electrons. The van der Waals surface area contributed by atoms with Crippen LogP contribution >= 0.6 is 11.3 Å². The Morgan fingerprint density at radius 1 is 1.42 bits per heavy atom. The van der Waals surface area contributed by atoms with Crippen LogP contribution in [0.15, 0.2) is 36.5 Å². The molecule has 0 bridgehead atoms. The number of anilines is 1. The van der Waals surface area contributed by atoms with Crippen molar-refractivity contribution >= 4 is 22.4 Å². The van der Waals surface area contributed by atoms with Crippen LogP contribution in [-0.2, 0) is 4.79 Å². The lowest BCUT2D eigenvalue weighted by atomic mass is 10.2. The Morgan fingerprint density at radius 2 is 2.16 bits per heavy atom. The third kappa shape index (κ3) is 3.54. The van der Waals surface area contributed by atoms with Crippen LogP contribution < -0.4 is 5.32 Å². The molecule has 1 aromatic heterocycles. The van der Waals surface area contributed by atoms with Gasteiger partial charge in [-0.05, 0) is 12.0 Å². The molecule has 0 aliphatic rings. The zero-order valence-electron chi connectivity index (χ0n) is 10.7. The molecule has 5 heteroatoms. The monoisotopic (exact) mass is 276 g/mol. The fourth-order valence-electron chi connectivity index (χ4n) is 1.77. The second-order valence-corrected chi connectivity index (χ2v) is 5.25. The molecule has 2 N–H and O–H groups in total. The number of carboxylic acids is 1. The number of benzene rings is 1. The van der Waals surface area contributed by atoms with Gasteiger partial charge in [0.15, 0.2) is 5.13 Å². The van der Waals surface area contributed by atoms with Gasteiger partial charge in [-0.15, -0.1) is 0 Å². The van der Waals surface area contributed by atoms with E-state index in [2.05, 4.69) is 10.3 Å². The number of nitrogens with zero attached hydrogens (tertiary/aromatic N) is 1. The van der Waals surface area contributed by atoms with Gasteiger partial charge in [-0.1, -0.05) is 55.0 Å². The number of hydrogen-bond donors (Lipinski definition) is 2. The highest BCUT2D eigenvalue weighted by atomic mass is 32.1. The maximum atomic E-state index is 11.1. The second kappa shape index (κ2) is 6.33. The van der Waals surface area contributed by atoms with Gasteiger partial charge in [0, 0.05) is 6.20 Å². The van der Waals surface area contributed by atoms with Crippen molar-refractivity contribution in [1.29, 1.82) is 0 Å². The Bertz CT molecular complexity index is 539. The van der Waals surface area contributed by atoms with E-state index in [0.717, 1.165) is 16.9 Å². The molecule has 19 heavy (non-hydrogen) atoms. The summed E-state index contributed by atoms with van der Waals surface area (Å²) in [7, 11) is 0.